The molecule has 25 heavy (non-hydrogen) atoms. The Labute approximate surface area is 147 Å². The van der Waals surface area contributed by atoms with Crippen molar-refractivity contribution < 1.29 is 18.3 Å². The maximum atomic E-state index is 13.2. The Morgan fingerprint density at radius 1 is 1.52 bits per heavy atom. The van der Waals surface area contributed by atoms with Crippen LogP contribution in [0.4, 0.5) is 8.78 Å². The summed E-state index contributed by atoms with van der Waals surface area (Å²) in [6.45, 7) is 7.29. The third-order valence-corrected chi connectivity index (χ3v) is 4.30. The summed E-state index contributed by atoms with van der Waals surface area (Å²) in [7, 11) is 2.55. The lowest BCUT2D eigenvalue weighted by atomic mass is 10.1. The van der Waals surface area contributed by atoms with E-state index >= 15 is 0 Å². The van der Waals surface area contributed by atoms with Crippen molar-refractivity contribution in [3.8, 4) is 0 Å². The minimum absolute atomic E-state index is 0.376. The van der Waals surface area contributed by atoms with E-state index in [0.29, 0.717) is 6.04 Å². The maximum Gasteiger partial charge on any atom is 0.487 e. The molecule has 0 amide bonds. The predicted octanol–water partition coefficient (Wildman–Crippen LogP) is 2.83. The molecule has 0 radical (unpaired) electrons. The quantitative estimate of drug-likeness (QED) is 0.573. The Morgan fingerprint density at radius 2 is 2.20 bits per heavy atom. The van der Waals surface area contributed by atoms with Gasteiger partial charge in [0, 0.05) is 37.7 Å². The van der Waals surface area contributed by atoms with Crippen LogP contribution < -0.4 is 5.32 Å². The molecule has 0 aliphatic carbocycles. The van der Waals surface area contributed by atoms with Crippen molar-refractivity contribution in [2.24, 2.45) is 0 Å². The van der Waals surface area contributed by atoms with E-state index in [4.69, 9.17) is 0 Å². The second-order valence-electron chi connectivity index (χ2n) is 6.03. The van der Waals surface area contributed by atoms with E-state index in [1.54, 1.807) is 25.5 Å². The highest BCUT2D eigenvalue weighted by Gasteiger charge is 2.33. The molecule has 0 bridgehead atoms. The Kier molecular flexibility index (Phi) is 6.69. The molecule has 1 unspecified atom stereocenters. The molecule has 1 fully saturated rings. The van der Waals surface area contributed by atoms with Gasteiger partial charge in [-0.25, -0.2) is 0 Å². The van der Waals surface area contributed by atoms with Gasteiger partial charge in [-0.1, -0.05) is 12.7 Å². The van der Waals surface area contributed by atoms with Crippen LogP contribution in [0, 0.1) is 0 Å². The Bertz CT molecular complexity index is 597. The van der Waals surface area contributed by atoms with E-state index in [-0.39, 0.29) is 0 Å². The molecule has 1 atom stereocenters. The van der Waals surface area contributed by atoms with Gasteiger partial charge in [0.1, 0.15) is 6.23 Å². The lowest BCUT2D eigenvalue weighted by Gasteiger charge is -2.27. The minimum Gasteiger partial charge on any atom is -0.355 e. The van der Waals surface area contributed by atoms with Crippen molar-refractivity contribution in [2.45, 2.75) is 38.3 Å². The topological polar surface area (TPSA) is 51.6 Å². The Morgan fingerprint density at radius 3 is 2.80 bits per heavy atom. The molecule has 1 aliphatic heterocycles. The summed E-state index contributed by atoms with van der Waals surface area (Å²) in [5.41, 5.74) is 1.66. The van der Waals surface area contributed by atoms with Crippen LogP contribution in [-0.4, -0.2) is 54.4 Å². The summed E-state index contributed by atoms with van der Waals surface area (Å²) in [6.07, 6.45) is 4.65. The zero-order valence-electron chi connectivity index (χ0n) is 14.9. The van der Waals surface area contributed by atoms with Crippen molar-refractivity contribution in [3.63, 3.8) is 0 Å². The van der Waals surface area contributed by atoms with Crippen LogP contribution in [0.2, 0.25) is 0 Å². The number of aromatic nitrogens is 2. The zero-order chi connectivity index (χ0) is 18.4. The summed E-state index contributed by atoms with van der Waals surface area (Å²) in [5.74, 6) is 0. The van der Waals surface area contributed by atoms with Crippen LogP contribution in [0.5, 0.6) is 0 Å². The number of allylic oxidation sites excluding steroid dienone is 2. The van der Waals surface area contributed by atoms with Crippen molar-refractivity contribution in [3.05, 3.63) is 36.8 Å². The van der Waals surface area contributed by atoms with Crippen LogP contribution in [-0.2, 0) is 9.47 Å². The van der Waals surface area contributed by atoms with Gasteiger partial charge in [0.2, 0.25) is 0 Å². The lowest BCUT2D eigenvalue weighted by molar-refractivity contribution is -0.405. The molecule has 0 spiro atoms. The van der Waals surface area contributed by atoms with Crippen LogP contribution in [0.25, 0.3) is 5.57 Å². The summed E-state index contributed by atoms with van der Waals surface area (Å²) in [5, 5.41) is 7.77. The predicted molar refractivity (Wildman–Crippen MR) is 91.8 cm³/mol. The number of hydrogen-bond donors (Lipinski definition) is 1. The molecule has 2 rings (SSSR count). The van der Waals surface area contributed by atoms with Crippen LogP contribution >= 0.6 is 0 Å². The Balaban J connectivity index is 2.08. The van der Waals surface area contributed by atoms with Crippen molar-refractivity contribution >= 4 is 5.57 Å². The number of halogens is 2. The number of nitrogens with one attached hydrogen (secondary N) is 1. The highest BCUT2D eigenvalue weighted by molar-refractivity contribution is 5.72. The number of methoxy groups -OCH3 is 1. The molecular formula is C17H26F2N4O2. The van der Waals surface area contributed by atoms with Gasteiger partial charge in [0.05, 0.1) is 12.2 Å². The monoisotopic (exact) mass is 356 g/mol. The molecule has 140 valence electrons. The number of hydrogen-bond acceptors (Lipinski definition) is 5. The summed E-state index contributed by atoms with van der Waals surface area (Å²) < 4.78 is 36.9. The highest BCUT2D eigenvalue weighted by Crippen LogP contribution is 2.23. The average Bonchev–Trinajstić information content (AvgIpc) is 3.09. The zero-order valence-corrected chi connectivity index (χ0v) is 14.9. The SMILES string of the molecule is C=C/C(=C\N(C)C(C)OC(F)(F)OC)c1cnn(C2CCNCC2)c1. The first-order valence-corrected chi connectivity index (χ1v) is 8.28. The van der Waals surface area contributed by atoms with Crippen LogP contribution in [0.3, 0.4) is 0 Å². The van der Waals surface area contributed by atoms with Gasteiger partial charge < -0.3 is 10.2 Å². The van der Waals surface area contributed by atoms with Gasteiger partial charge >= 0.3 is 6.29 Å². The molecule has 1 N–H and O–H groups in total. The van der Waals surface area contributed by atoms with Crippen molar-refractivity contribution in [1.29, 1.82) is 0 Å². The van der Waals surface area contributed by atoms with E-state index < -0.39 is 12.5 Å². The number of rotatable bonds is 8. The van der Waals surface area contributed by atoms with Gasteiger partial charge in [-0.15, -0.1) is 8.78 Å². The molecule has 2 heterocycles. The smallest absolute Gasteiger partial charge is 0.355 e. The van der Waals surface area contributed by atoms with Gasteiger partial charge in [-0.3, -0.25) is 14.2 Å². The molecule has 0 aromatic carbocycles. The molecule has 1 aromatic rings. The summed E-state index contributed by atoms with van der Waals surface area (Å²) >= 11 is 0. The number of nitrogens with zero attached hydrogens (tertiary/aromatic N) is 3. The average molecular weight is 356 g/mol. The van der Waals surface area contributed by atoms with Crippen molar-refractivity contribution in [2.75, 3.05) is 27.2 Å². The summed E-state index contributed by atoms with van der Waals surface area (Å²) in [6, 6.07) is 0.376. The molecule has 1 aromatic heterocycles. The highest BCUT2D eigenvalue weighted by atomic mass is 19.3. The fourth-order valence-electron chi connectivity index (χ4n) is 2.66. The lowest BCUT2D eigenvalue weighted by Crippen LogP contribution is -2.36. The number of ether oxygens (including phenoxy) is 2. The van der Waals surface area contributed by atoms with E-state index in [0.717, 1.165) is 44.2 Å². The molecule has 1 saturated heterocycles. The second-order valence-corrected chi connectivity index (χ2v) is 6.03. The molecule has 0 saturated carbocycles. The fourth-order valence-corrected chi connectivity index (χ4v) is 2.66. The fraction of sp³-hybridized carbons (Fsp3) is 0.588. The standard InChI is InChI=1S/C17H26F2N4O2/c1-5-14(11-22(3)13(2)25-17(18,19)24-4)15-10-21-23(12-15)16-6-8-20-9-7-16/h5,10-13,16,20H,1,6-9H2,2-4H3/b14-11+. The van der Waals surface area contributed by atoms with Gasteiger partial charge in [-0.05, 0) is 32.9 Å². The minimum atomic E-state index is -3.63. The number of piperidine rings is 1. The maximum absolute atomic E-state index is 13.2. The second kappa shape index (κ2) is 8.55. The third-order valence-electron chi connectivity index (χ3n) is 4.30. The van der Waals surface area contributed by atoms with Gasteiger partial charge in [0.15, 0.2) is 0 Å². The first-order chi connectivity index (χ1) is 11.9. The largest absolute Gasteiger partial charge is 0.487 e. The summed E-state index contributed by atoms with van der Waals surface area (Å²) in [4.78, 5) is 1.53. The molecule has 8 heteroatoms. The van der Waals surface area contributed by atoms with Gasteiger partial charge in [0.25, 0.3) is 0 Å². The van der Waals surface area contributed by atoms with E-state index in [9.17, 15) is 8.78 Å². The van der Waals surface area contributed by atoms with Crippen LogP contribution in [0.15, 0.2) is 31.2 Å². The third kappa shape index (κ3) is 5.35. The van der Waals surface area contributed by atoms with E-state index in [2.05, 4.69) is 26.5 Å². The van der Waals surface area contributed by atoms with E-state index in [1.807, 2.05) is 10.9 Å². The van der Waals surface area contributed by atoms with Crippen LogP contribution in [0.1, 0.15) is 31.4 Å². The Hall–Kier alpha value is -1.77. The molecule has 1 aliphatic rings. The van der Waals surface area contributed by atoms with Crippen molar-refractivity contribution in [1.82, 2.24) is 20.0 Å². The molecular weight excluding hydrogens is 330 g/mol. The first kappa shape index (κ1) is 19.6. The first-order valence-electron chi connectivity index (χ1n) is 8.28. The normalized spacial score (nSPS) is 18.2. The van der Waals surface area contributed by atoms with Gasteiger partial charge in [-0.2, -0.15) is 5.10 Å². The van der Waals surface area contributed by atoms with E-state index in [1.165, 1.54) is 11.8 Å². The molecule has 6 nitrogen and oxygen atoms in total. The number of alkyl halides is 2.